The van der Waals surface area contributed by atoms with Gasteiger partial charge in [-0.3, -0.25) is 19.1 Å². The summed E-state index contributed by atoms with van der Waals surface area (Å²) in [6.07, 6.45) is -0.592. The van der Waals surface area contributed by atoms with Crippen molar-refractivity contribution in [3.63, 3.8) is 0 Å². The molecule has 0 radical (unpaired) electrons. The van der Waals surface area contributed by atoms with Crippen molar-refractivity contribution in [2.75, 3.05) is 16.9 Å². The van der Waals surface area contributed by atoms with E-state index in [1.807, 2.05) is 44.2 Å². The van der Waals surface area contributed by atoms with Crippen molar-refractivity contribution >= 4 is 47.0 Å². The molecule has 228 valence electrons. The summed E-state index contributed by atoms with van der Waals surface area (Å²) in [5.74, 6) is -1.75. The van der Waals surface area contributed by atoms with Crippen LogP contribution in [0.4, 0.5) is 16.2 Å². The molecule has 0 aliphatic carbocycles. The Balaban J connectivity index is 1.42. The summed E-state index contributed by atoms with van der Waals surface area (Å²) < 4.78 is 13.4. The van der Waals surface area contributed by atoms with Crippen LogP contribution >= 0.6 is 11.8 Å². The average molecular weight is 620 g/mol. The second-order valence-corrected chi connectivity index (χ2v) is 10.7. The van der Waals surface area contributed by atoms with E-state index in [2.05, 4.69) is 21.0 Å². The Bertz CT molecular complexity index is 1720. The predicted octanol–water partition coefficient (Wildman–Crippen LogP) is 4.71. The highest BCUT2D eigenvalue weighted by molar-refractivity contribution is 6.17. The fraction of sp³-hybridized carbons (Fsp3) is 0.233. The summed E-state index contributed by atoms with van der Waals surface area (Å²) in [5.41, 5.74) is 0.843. The first-order valence-electron chi connectivity index (χ1n) is 13.6. The third-order valence-electron chi connectivity index (χ3n) is 6.95. The average Bonchev–Trinajstić information content (AvgIpc) is 3.69. The molecule has 0 spiro atoms. The lowest BCUT2D eigenvalue weighted by molar-refractivity contribution is 0.0867. The normalized spacial score (nSPS) is 14.6. The lowest BCUT2D eigenvalue weighted by atomic mass is 9.94. The molecule has 0 saturated heterocycles. The molecule has 4 aromatic rings. The van der Waals surface area contributed by atoms with Crippen LogP contribution in [0.3, 0.4) is 0 Å². The van der Waals surface area contributed by atoms with Crippen LogP contribution in [0.15, 0.2) is 77.3 Å². The summed E-state index contributed by atoms with van der Waals surface area (Å²) in [4.78, 5) is 52.6. The van der Waals surface area contributed by atoms with Gasteiger partial charge < -0.3 is 25.1 Å². The Morgan fingerprint density at radius 3 is 2.39 bits per heavy atom. The summed E-state index contributed by atoms with van der Waals surface area (Å²) in [7, 11) is 1.62. The Hall–Kier alpha value is -5.14. The van der Waals surface area contributed by atoms with E-state index in [1.54, 1.807) is 38.2 Å². The molecule has 0 fully saturated rings. The zero-order valence-electron chi connectivity index (χ0n) is 24.3. The van der Waals surface area contributed by atoms with E-state index in [-0.39, 0.29) is 40.8 Å². The summed E-state index contributed by atoms with van der Waals surface area (Å²) in [5, 5.41) is 13.3. The minimum Gasteiger partial charge on any atom is -0.450 e. The number of anilines is 2. The molecular formula is C30H30ClN7O6. The minimum atomic E-state index is -1.23. The maximum Gasteiger partial charge on any atom is 0.430 e. The number of hydrazine groups is 1. The van der Waals surface area contributed by atoms with Gasteiger partial charge in [0.15, 0.2) is 17.7 Å². The number of benzene rings is 2. The van der Waals surface area contributed by atoms with Crippen LogP contribution in [-0.4, -0.2) is 44.7 Å². The second kappa shape index (κ2) is 12.2. The monoisotopic (exact) mass is 619 g/mol. The lowest BCUT2D eigenvalue weighted by Gasteiger charge is -2.27. The van der Waals surface area contributed by atoms with Crippen molar-refractivity contribution in [2.45, 2.75) is 32.5 Å². The zero-order chi connectivity index (χ0) is 31.6. The molecule has 0 bridgehead atoms. The Labute approximate surface area is 257 Å². The van der Waals surface area contributed by atoms with E-state index < -0.39 is 35.5 Å². The predicted molar refractivity (Wildman–Crippen MR) is 161 cm³/mol. The largest absolute Gasteiger partial charge is 0.450 e. The van der Waals surface area contributed by atoms with Gasteiger partial charge in [-0.05, 0) is 44.5 Å². The van der Waals surface area contributed by atoms with Gasteiger partial charge in [0.25, 0.3) is 17.7 Å². The van der Waals surface area contributed by atoms with E-state index in [0.717, 1.165) is 15.1 Å². The van der Waals surface area contributed by atoms with E-state index in [9.17, 15) is 19.2 Å². The van der Waals surface area contributed by atoms with Crippen LogP contribution in [0.25, 0.3) is 0 Å². The molecule has 1 atom stereocenters. The number of ether oxygens (including phenoxy) is 1. The Morgan fingerprint density at radius 2 is 1.70 bits per heavy atom. The highest BCUT2D eigenvalue weighted by atomic mass is 35.5. The first-order valence-corrected chi connectivity index (χ1v) is 14.0. The van der Waals surface area contributed by atoms with Gasteiger partial charge in [-0.15, -0.1) is 0 Å². The van der Waals surface area contributed by atoms with Crippen LogP contribution in [0.1, 0.15) is 69.7 Å². The van der Waals surface area contributed by atoms with Crippen molar-refractivity contribution in [1.29, 1.82) is 0 Å². The molecule has 3 N–H and O–H groups in total. The number of aryl methyl sites for hydroxylation is 1. The molecule has 44 heavy (non-hydrogen) atoms. The number of amides is 4. The lowest BCUT2D eigenvalue weighted by Crippen LogP contribution is -2.44. The van der Waals surface area contributed by atoms with Crippen molar-refractivity contribution in [3.8, 4) is 0 Å². The number of nitrogens with zero attached hydrogens (tertiary/aromatic N) is 4. The van der Waals surface area contributed by atoms with E-state index >= 15 is 0 Å². The van der Waals surface area contributed by atoms with Crippen LogP contribution in [-0.2, 0) is 17.3 Å². The summed E-state index contributed by atoms with van der Waals surface area (Å²) >= 11 is 6.54. The van der Waals surface area contributed by atoms with Crippen molar-refractivity contribution in [1.82, 2.24) is 24.9 Å². The maximum absolute atomic E-state index is 13.6. The molecule has 2 aromatic carbocycles. The molecular weight excluding hydrogens is 590 g/mol. The van der Waals surface area contributed by atoms with Crippen LogP contribution in [0.5, 0.6) is 0 Å². The fourth-order valence-electron chi connectivity index (χ4n) is 4.71. The summed E-state index contributed by atoms with van der Waals surface area (Å²) in [6.45, 7) is 5.36. The number of para-hydroxylation sites is 1. The molecule has 1 unspecified atom stereocenters. The number of nitrogens with one attached hydrogen (secondary N) is 3. The SMILES string of the molecule is CCOC(=O)N1c2cc(C(=O)NC(C)(C)c3ccccc3)oc2C(NC(=O)c2ccccc2NC(=O)c2ccnn2C)N1Cl. The molecule has 5 rings (SSSR count). The van der Waals surface area contributed by atoms with Gasteiger partial charge in [-0.2, -0.15) is 10.1 Å². The highest BCUT2D eigenvalue weighted by Gasteiger charge is 2.46. The first-order chi connectivity index (χ1) is 21.0. The van der Waals surface area contributed by atoms with Crippen molar-refractivity contribution in [3.05, 3.63) is 101 Å². The number of fused-ring (bicyclic) bond motifs is 1. The second-order valence-electron chi connectivity index (χ2n) is 10.3. The molecule has 0 saturated carbocycles. The van der Waals surface area contributed by atoms with Gasteiger partial charge in [0.1, 0.15) is 11.4 Å². The first kappa shape index (κ1) is 30.3. The van der Waals surface area contributed by atoms with E-state index in [1.165, 1.54) is 23.0 Å². The number of halogens is 1. The number of rotatable bonds is 8. The van der Waals surface area contributed by atoms with Crippen LogP contribution in [0, 0.1) is 0 Å². The molecule has 1 aliphatic rings. The Morgan fingerprint density at radius 1 is 1.00 bits per heavy atom. The van der Waals surface area contributed by atoms with E-state index in [0.29, 0.717) is 0 Å². The number of carbonyl (C=O) groups is 4. The third kappa shape index (κ3) is 5.87. The maximum atomic E-state index is 13.6. The molecule has 4 amide bonds. The molecule has 13 nitrogen and oxygen atoms in total. The standard InChI is InChI=1S/C30H30ClN7O6/c1-5-43-29(42)37-22-17-23(28(41)35-30(2,3)18-11-7-6-8-12-18)44-24(22)25(38(37)31)34-26(39)19-13-9-10-14-20(19)33-27(40)21-15-16-32-36(21)4/h6-17,25H,5H2,1-4H3,(H,33,40)(H,34,39)(H,35,41). The van der Waals surface area contributed by atoms with E-state index in [4.69, 9.17) is 20.9 Å². The topological polar surface area (TPSA) is 151 Å². The molecule has 14 heteroatoms. The molecule has 2 aromatic heterocycles. The van der Waals surface area contributed by atoms with Gasteiger partial charge in [0.2, 0.25) is 0 Å². The van der Waals surface area contributed by atoms with Gasteiger partial charge in [0.05, 0.1) is 23.4 Å². The molecule has 3 heterocycles. The number of carbonyl (C=O) groups excluding carboxylic acids is 4. The number of hydrogen-bond donors (Lipinski definition) is 3. The highest BCUT2D eigenvalue weighted by Crippen LogP contribution is 2.43. The zero-order valence-corrected chi connectivity index (χ0v) is 25.1. The molecule has 1 aliphatic heterocycles. The van der Waals surface area contributed by atoms with Gasteiger partial charge in [-0.25, -0.2) is 4.79 Å². The third-order valence-corrected chi connectivity index (χ3v) is 7.29. The quantitative estimate of drug-likeness (QED) is 0.240. The van der Waals surface area contributed by atoms with Gasteiger partial charge >= 0.3 is 6.09 Å². The van der Waals surface area contributed by atoms with Gasteiger partial charge in [0, 0.05) is 31.1 Å². The smallest absolute Gasteiger partial charge is 0.430 e. The number of aromatic nitrogens is 2. The minimum absolute atomic E-state index is 0.0282. The Kier molecular flexibility index (Phi) is 8.43. The van der Waals surface area contributed by atoms with Crippen LogP contribution < -0.4 is 21.0 Å². The van der Waals surface area contributed by atoms with Crippen molar-refractivity contribution in [2.24, 2.45) is 7.05 Å². The van der Waals surface area contributed by atoms with Crippen molar-refractivity contribution < 1.29 is 28.3 Å². The van der Waals surface area contributed by atoms with Crippen LogP contribution in [0.2, 0.25) is 0 Å². The number of hydrogen-bond acceptors (Lipinski definition) is 8. The number of furan rings is 1. The van der Waals surface area contributed by atoms with Gasteiger partial charge in [-0.1, -0.05) is 47.0 Å². The fourth-order valence-corrected chi connectivity index (χ4v) is 4.99. The summed E-state index contributed by atoms with van der Waals surface area (Å²) in [6, 6.07) is 18.6.